The molecule has 0 aliphatic heterocycles. The molecule has 3 nitrogen and oxygen atoms in total. The van der Waals surface area contributed by atoms with E-state index >= 15 is 0 Å². The van der Waals surface area contributed by atoms with E-state index in [1.54, 1.807) is 12.1 Å². The number of amides is 1. The standard InChI is InChI=1S/C18H28ClNO2/c1-7-14(22-15-11-9-8-10-13(15)19)16(21)20-18(5,6)12-17(2,3)4/h8-11,14H,7,12H2,1-6H3,(H,20,21)/t14-/m1/s1. The molecule has 1 atom stereocenters. The first-order valence-corrected chi connectivity index (χ1v) is 8.15. The monoisotopic (exact) mass is 325 g/mol. The fourth-order valence-corrected chi connectivity index (χ4v) is 2.98. The van der Waals surface area contributed by atoms with E-state index in [4.69, 9.17) is 16.3 Å². The minimum Gasteiger partial charge on any atom is -0.479 e. The second-order valence-corrected chi connectivity index (χ2v) is 7.96. The molecule has 0 saturated heterocycles. The second-order valence-electron chi connectivity index (χ2n) is 7.56. The number of hydrogen-bond donors (Lipinski definition) is 1. The van der Waals surface area contributed by atoms with Crippen LogP contribution in [0.25, 0.3) is 0 Å². The molecular weight excluding hydrogens is 298 g/mol. The van der Waals surface area contributed by atoms with Crippen molar-refractivity contribution in [2.45, 2.75) is 66.0 Å². The van der Waals surface area contributed by atoms with Gasteiger partial charge in [0.1, 0.15) is 5.75 Å². The molecule has 0 heterocycles. The molecule has 22 heavy (non-hydrogen) atoms. The Labute approximate surface area is 139 Å². The van der Waals surface area contributed by atoms with E-state index in [2.05, 4.69) is 26.1 Å². The van der Waals surface area contributed by atoms with E-state index < -0.39 is 6.10 Å². The summed E-state index contributed by atoms with van der Waals surface area (Å²) >= 11 is 6.09. The Morgan fingerprint density at radius 2 is 1.82 bits per heavy atom. The Morgan fingerprint density at radius 3 is 2.32 bits per heavy atom. The summed E-state index contributed by atoms with van der Waals surface area (Å²) in [5, 5.41) is 3.61. The van der Waals surface area contributed by atoms with Gasteiger partial charge in [-0.25, -0.2) is 0 Å². The zero-order valence-electron chi connectivity index (χ0n) is 14.5. The first-order valence-electron chi connectivity index (χ1n) is 7.77. The maximum atomic E-state index is 12.5. The molecule has 0 aliphatic carbocycles. The molecule has 1 aromatic carbocycles. The van der Waals surface area contributed by atoms with Crippen LogP contribution in [0.5, 0.6) is 5.75 Å². The Kier molecular flexibility index (Phi) is 6.30. The van der Waals surface area contributed by atoms with E-state index in [0.29, 0.717) is 17.2 Å². The molecule has 1 aromatic rings. The fourth-order valence-electron chi connectivity index (χ4n) is 2.80. The molecule has 0 aromatic heterocycles. The van der Waals surface area contributed by atoms with Crippen LogP contribution in [0.2, 0.25) is 5.02 Å². The summed E-state index contributed by atoms with van der Waals surface area (Å²) in [4.78, 5) is 12.5. The minimum atomic E-state index is -0.542. The van der Waals surface area contributed by atoms with Crippen molar-refractivity contribution in [2.75, 3.05) is 0 Å². The van der Waals surface area contributed by atoms with Gasteiger partial charge in [0.2, 0.25) is 0 Å². The lowest BCUT2D eigenvalue weighted by atomic mass is 9.81. The zero-order chi connectivity index (χ0) is 17.0. The third-order valence-corrected chi connectivity index (χ3v) is 3.52. The lowest BCUT2D eigenvalue weighted by Crippen LogP contribution is -2.50. The molecule has 0 aliphatic rings. The summed E-state index contributed by atoms with van der Waals surface area (Å²) in [7, 11) is 0. The lowest BCUT2D eigenvalue weighted by molar-refractivity contribution is -0.130. The second kappa shape index (κ2) is 7.36. The van der Waals surface area contributed by atoms with Gasteiger partial charge in [0.25, 0.3) is 5.91 Å². The van der Waals surface area contributed by atoms with Gasteiger partial charge in [-0.2, -0.15) is 0 Å². The molecule has 1 rings (SSSR count). The highest BCUT2D eigenvalue weighted by Gasteiger charge is 2.30. The van der Waals surface area contributed by atoms with Crippen molar-refractivity contribution in [1.29, 1.82) is 0 Å². The number of hydrogen-bond acceptors (Lipinski definition) is 2. The van der Waals surface area contributed by atoms with Crippen LogP contribution >= 0.6 is 11.6 Å². The van der Waals surface area contributed by atoms with Crippen LogP contribution in [-0.2, 0) is 4.79 Å². The lowest BCUT2D eigenvalue weighted by Gasteiger charge is -2.34. The van der Waals surface area contributed by atoms with Crippen molar-refractivity contribution < 1.29 is 9.53 Å². The molecule has 0 radical (unpaired) electrons. The number of nitrogens with one attached hydrogen (secondary N) is 1. The molecule has 1 N–H and O–H groups in total. The molecular formula is C18H28ClNO2. The summed E-state index contributed by atoms with van der Waals surface area (Å²) in [5.74, 6) is 0.441. The van der Waals surface area contributed by atoms with Crippen LogP contribution in [0.3, 0.4) is 0 Å². The molecule has 0 bridgehead atoms. The van der Waals surface area contributed by atoms with Crippen molar-refractivity contribution in [1.82, 2.24) is 5.32 Å². The number of carbonyl (C=O) groups excluding carboxylic acids is 1. The summed E-state index contributed by atoms with van der Waals surface area (Å²) < 4.78 is 5.79. The van der Waals surface area contributed by atoms with Gasteiger partial charge < -0.3 is 10.1 Å². The number of benzene rings is 1. The topological polar surface area (TPSA) is 38.3 Å². The third-order valence-electron chi connectivity index (χ3n) is 3.20. The summed E-state index contributed by atoms with van der Waals surface area (Å²) in [6.45, 7) is 12.5. The molecule has 1 amide bonds. The van der Waals surface area contributed by atoms with Gasteiger partial charge >= 0.3 is 0 Å². The minimum absolute atomic E-state index is 0.100. The van der Waals surface area contributed by atoms with Crippen LogP contribution in [-0.4, -0.2) is 17.6 Å². The van der Waals surface area contributed by atoms with Gasteiger partial charge in [-0.3, -0.25) is 4.79 Å². The third kappa shape index (κ3) is 6.27. The quantitative estimate of drug-likeness (QED) is 0.813. The number of para-hydroxylation sites is 1. The molecule has 0 fully saturated rings. The molecule has 0 spiro atoms. The van der Waals surface area contributed by atoms with Crippen molar-refractivity contribution in [3.05, 3.63) is 29.3 Å². The van der Waals surface area contributed by atoms with Crippen molar-refractivity contribution >= 4 is 17.5 Å². The first-order chi connectivity index (χ1) is 10.0. The number of carbonyl (C=O) groups is 1. The first kappa shape index (κ1) is 18.8. The van der Waals surface area contributed by atoms with Crippen molar-refractivity contribution in [3.8, 4) is 5.75 Å². The molecule has 0 unspecified atom stereocenters. The summed E-state index contributed by atoms with van der Waals surface area (Å²) in [6.07, 6.45) is 0.927. The molecule has 0 saturated carbocycles. The van der Waals surface area contributed by atoms with Crippen molar-refractivity contribution in [3.63, 3.8) is 0 Å². The van der Waals surface area contributed by atoms with Crippen LogP contribution in [0.4, 0.5) is 0 Å². The normalized spacial score (nSPS) is 13.6. The SMILES string of the molecule is CC[C@@H](Oc1ccccc1Cl)C(=O)NC(C)(C)CC(C)(C)C. The molecule has 4 heteroatoms. The van der Waals surface area contributed by atoms with E-state index in [1.165, 1.54) is 0 Å². The van der Waals surface area contributed by atoms with Gasteiger partial charge in [0.05, 0.1) is 5.02 Å². The van der Waals surface area contributed by atoms with E-state index in [0.717, 1.165) is 6.42 Å². The van der Waals surface area contributed by atoms with Crippen molar-refractivity contribution in [2.24, 2.45) is 5.41 Å². The van der Waals surface area contributed by atoms with Crippen LogP contribution in [0.15, 0.2) is 24.3 Å². The largest absolute Gasteiger partial charge is 0.479 e. The van der Waals surface area contributed by atoms with Crippen LogP contribution in [0, 0.1) is 5.41 Å². The van der Waals surface area contributed by atoms with Gasteiger partial charge in [-0.15, -0.1) is 0 Å². The van der Waals surface area contributed by atoms with E-state index in [-0.39, 0.29) is 16.9 Å². The van der Waals surface area contributed by atoms with Crippen LogP contribution in [0.1, 0.15) is 54.4 Å². The van der Waals surface area contributed by atoms with E-state index in [9.17, 15) is 4.79 Å². The average molecular weight is 326 g/mol. The number of ether oxygens (including phenoxy) is 1. The Bertz CT molecular complexity index is 506. The maximum absolute atomic E-state index is 12.5. The highest BCUT2D eigenvalue weighted by molar-refractivity contribution is 6.32. The smallest absolute Gasteiger partial charge is 0.261 e. The highest BCUT2D eigenvalue weighted by Crippen LogP contribution is 2.28. The predicted octanol–water partition coefficient (Wildman–Crippen LogP) is 4.83. The number of rotatable bonds is 6. The Morgan fingerprint density at radius 1 is 1.23 bits per heavy atom. The van der Waals surface area contributed by atoms with Gasteiger partial charge in [-0.05, 0) is 44.2 Å². The van der Waals surface area contributed by atoms with Gasteiger partial charge in [-0.1, -0.05) is 51.4 Å². The van der Waals surface area contributed by atoms with Gasteiger partial charge in [0, 0.05) is 5.54 Å². The maximum Gasteiger partial charge on any atom is 0.261 e. The summed E-state index contributed by atoms with van der Waals surface area (Å²) in [5.41, 5.74) is -0.144. The zero-order valence-corrected chi connectivity index (χ0v) is 15.3. The predicted molar refractivity (Wildman–Crippen MR) is 92.5 cm³/mol. The Hall–Kier alpha value is -1.22. The summed E-state index contributed by atoms with van der Waals surface area (Å²) in [6, 6.07) is 7.21. The van der Waals surface area contributed by atoms with Crippen LogP contribution < -0.4 is 10.1 Å². The van der Waals surface area contributed by atoms with Gasteiger partial charge in [0.15, 0.2) is 6.10 Å². The average Bonchev–Trinajstić information content (AvgIpc) is 2.33. The fraction of sp³-hybridized carbons (Fsp3) is 0.611. The van der Waals surface area contributed by atoms with E-state index in [1.807, 2.05) is 32.9 Å². The number of halogens is 1. The highest BCUT2D eigenvalue weighted by atomic mass is 35.5. The Balaban J connectivity index is 2.75. The molecule has 124 valence electrons.